The number of benzene rings is 4. The van der Waals surface area contributed by atoms with E-state index in [4.69, 9.17) is 16.3 Å². The van der Waals surface area contributed by atoms with Crippen LogP contribution in [-0.2, 0) is 21.5 Å². The Hall–Kier alpha value is -5.88. The van der Waals surface area contributed by atoms with E-state index in [0.29, 0.717) is 33.1 Å². The zero-order valence-corrected chi connectivity index (χ0v) is 27.3. The molecular formula is C37H29ClFN5O6. The molecule has 1 saturated heterocycles. The van der Waals surface area contributed by atoms with E-state index >= 15 is 4.79 Å². The SMILES string of the molecule is COc1ccc([C@H]2C3=CCn4c(=O)n(-c5ccccc5)c(=O)n4[C@@H]3C[C@H]3C(=O)N(Nc4ccc(F)cc4)C(=O)[C@@]23c2ccc(Cl)cc2)cc1O. The van der Waals surface area contributed by atoms with Gasteiger partial charge >= 0.3 is 11.4 Å². The van der Waals surface area contributed by atoms with Crippen molar-refractivity contribution in [2.45, 2.75) is 30.3 Å². The molecule has 4 aromatic carbocycles. The Morgan fingerprint density at radius 1 is 0.920 bits per heavy atom. The number of carbonyl (C=O) groups is 2. The van der Waals surface area contributed by atoms with E-state index in [0.717, 1.165) is 9.58 Å². The first kappa shape index (κ1) is 31.4. The van der Waals surface area contributed by atoms with E-state index in [9.17, 15) is 23.9 Å². The molecule has 50 heavy (non-hydrogen) atoms. The maximum Gasteiger partial charge on any atom is 0.352 e. The maximum absolute atomic E-state index is 15.1. The molecule has 5 aromatic rings. The quantitative estimate of drug-likeness (QED) is 0.191. The van der Waals surface area contributed by atoms with Crippen LogP contribution in [0.5, 0.6) is 11.5 Å². The van der Waals surface area contributed by atoms with E-state index < -0.39 is 52.3 Å². The molecule has 252 valence electrons. The highest BCUT2D eigenvalue weighted by Crippen LogP contribution is 2.62. The normalized spacial score (nSPS) is 22.4. The van der Waals surface area contributed by atoms with Crippen LogP contribution < -0.4 is 21.5 Å². The van der Waals surface area contributed by atoms with Crippen LogP contribution in [0.3, 0.4) is 0 Å². The van der Waals surface area contributed by atoms with Crippen molar-refractivity contribution in [1.29, 1.82) is 0 Å². The number of rotatable bonds is 6. The minimum atomic E-state index is -1.61. The molecule has 2 N–H and O–H groups in total. The zero-order chi connectivity index (χ0) is 34.9. The summed E-state index contributed by atoms with van der Waals surface area (Å²) in [5, 5.41) is 12.4. The number of phenolic OH excluding ortho intramolecular Hbond substituents is 1. The molecule has 0 radical (unpaired) electrons. The van der Waals surface area contributed by atoms with Crippen molar-refractivity contribution in [3.8, 4) is 17.2 Å². The summed E-state index contributed by atoms with van der Waals surface area (Å²) in [6.45, 7) is 0.0133. The van der Waals surface area contributed by atoms with Crippen LogP contribution in [0, 0.1) is 11.7 Å². The number of amides is 2. The fraction of sp³-hybridized carbons (Fsp3) is 0.189. The monoisotopic (exact) mass is 693 g/mol. The van der Waals surface area contributed by atoms with E-state index in [1.165, 1.54) is 46.8 Å². The third kappa shape index (κ3) is 4.48. The Morgan fingerprint density at radius 3 is 2.32 bits per heavy atom. The topological polar surface area (TPSA) is 128 Å². The molecule has 3 heterocycles. The number of anilines is 1. The number of hydrazine groups is 1. The van der Waals surface area contributed by atoms with Crippen molar-refractivity contribution in [2.75, 3.05) is 12.5 Å². The number of fused-ring (bicyclic) bond motifs is 4. The van der Waals surface area contributed by atoms with Crippen LogP contribution in [-0.4, -0.2) is 43.0 Å². The molecule has 11 nitrogen and oxygen atoms in total. The van der Waals surface area contributed by atoms with Crippen molar-refractivity contribution in [2.24, 2.45) is 5.92 Å². The van der Waals surface area contributed by atoms with Gasteiger partial charge in [-0.15, -0.1) is 0 Å². The van der Waals surface area contributed by atoms with Crippen LogP contribution in [0.2, 0.25) is 5.02 Å². The number of hydrogen-bond donors (Lipinski definition) is 2. The van der Waals surface area contributed by atoms with E-state index in [1.54, 1.807) is 66.7 Å². The van der Waals surface area contributed by atoms with Gasteiger partial charge in [0.25, 0.3) is 11.8 Å². The van der Waals surface area contributed by atoms with Crippen molar-refractivity contribution in [3.63, 3.8) is 0 Å². The third-order valence-electron chi connectivity index (χ3n) is 10.1. The smallest absolute Gasteiger partial charge is 0.352 e. The molecule has 3 aliphatic rings. The van der Waals surface area contributed by atoms with Crippen molar-refractivity contribution in [3.05, 3.63) is 152 Å². The Kier molecular flexibility index (Phi) is 7.30. The number of allylic oxidation sites excluding steroid dienone is 2. The highest BCUT2D eigenvalue weighted by atomic mass is 35.5. The van der Waals surface area contributed by atoms with Gasteiger partial charge in [0.05, 0.1) is 42.4 Å². The van der Waals surface area contributed by atoms with Crippen LogP contribution in [0.4, 0.5) is 10.1 Å². The van der Waals surface area contributed by atoms with Gasteiger partial charge < -0.3 is 9.84 Å². The molecule has 2 fully saturated rings. The first-order valence-electron chi connectivity index (χ1n) is 15.9. The molecule has 2 amide bonds. The second-order valence-electron chi connectivity index (χ2n) is 12.5. The first-order valence-corrected chi connectivity index (χ1v) is 16.3. The Labute approximate surface area is 289 Å². The van der Waals surface area contributed by atoms with Crippen molar-refractivity contribution in [1.82, 2.24) is 18.9 Å². The largest absolute Gasteiger partial charge is 0.504 e. The lowest BCUT2D eigenvalue weighted by molar-refractivity contribution is -0.138. The van der Waals surface area contributed by atoms with Gasteiger partial charge in [-0.3, -0.25) is 15.0 Å². The van der Waals surface area contributed by atoms with Crippen LogP contribution in [0.15, 0.2) is 118 Å². The number of carbonyl (C=O) groups excluding carboxylic acids is 2. The van der Waals surface area contributed by atoms with Gasteiger partial charge in [0.1, 0.15) is 5.82 Å². The third-order valence-corrected chi connectivity index (χ3v) is 10.3. The molecule has 0 spiro atoms. The average molecular weight is 694 g/mol. The average Bonchev–Trinajstić information content (AvgIpc) is 3.50. The summed E-state index contributed by atoms with van der Waals surface area (Å²) in [6.07, 6.45) is 1.81. The molecule has 0 bridgehead atoms. The van der Waals surface area contributed by atoms with E-state index in [1.807, 2.05) is 6.08 Å². The molecule has 1 aliphatic carbocycles. The lowest BCUT2D eigenvalue weighted by atomic mass is 9.53. The number of halogens is 2. The molecule has 1 saturated carbocycles. The second-order valence-corrected chi connectivity index (χ2v) is 12.9. The Balaban J connectivity index is 1.38. The summed E-state index contributed by atoms with van der Waals surface area (Å²) in [5.74, 6) is -3.63. The summed E-state index contributed by atoms with van der Waals surface area (Å²) in [5.41, 5.74) is 2.45. The predicted molar refractivity (Wildman–Crippen MR) is 182 cm³/mol. The number of aromatic hydroxyl groups is 1. The van der Waals surface area contributed by atoms with Gasteiger partial charge in [0, 0.05) is 10.9 Å². The lowest BCUT2D eigenvalue weighted by Crippen LogP contribution is -2.53. The highest BCUT2D eigenvalue weighted by molar-refractivity contribution is 6.30. The van der Waals surface area contributed by atoms with Gasteiger partial charge in [0.2, 0.25) is 0 Å². The molecular weight excluding hydrogens is 665 g/mol. The number of para-hydroxylation sites is 1. The number of imide groups is 1. The van der Waals surface area contributed by atoms with E-state index in [2.05, 4.69) is 5.43 Å². The molecule has 8 rings (SSSR count). The number of phenols is 1. The number of hydrogen-bond acceptors (Lipinski definition) is 7. The lowest BCUT2D eigenvalue weighted by Gasteiger charge is -2.49. The molecule has 0 unspecified atom stereocenters. The molecule has 4 atom stereocenters. The molecule has 13 heteroatoms. The summed E-state index contributed by atoms with van der Waals surface area (Å²) in [4.78, 5) is 57.8. The van der Waals surface area contributed by atoms with Crippen molar-refractivity contribution >= 4 is 29.1 Å². The van der Waals surface area contributed by atoms with Crippen LogP contribution in [0.25, 0.3) is 5.69 Å². The minimum Gasteiger partial charge on any atom is -0.504 e. The van der Waals surface area contributed by atoms with E-state index in [-0.39, 0.29) is 24.5 Å². The van der Waals surface area contributed by atoms with Gasteiger partial charge in [-0.2, -0.15) is 5.01 Å². The summed E-state index contributed by atoms with van der Waals surface area (Å²) in [7, 11) is 1.42. The standard InChI is InChI=1S/C37H29ClFN5O6/c1-50-31-16-7-21(19-30(31)45)32-27-17-18-41-35(48)42(26-5-3-2-4-6-26)36(49)44(41)29(27)20-28-33(46)43(40-25-14-12-24(39)13-15-25)34(47)37(28,32)22-8-10-23(38)11-9-22/h2-17,19,28-29,32,40,45H,18,20H2,1H3/t28-,29+,32-,37+/m0/s1. The number of nitrogens with one attached hydrogen (secondary N) is 1. The fourth-order valence-electron chi connectivity index (χ4n) is 7.98. The fourth-order valence-corrected chi connectivity index (χ4v) is 8.10. The number of nitrogens with zero attached hydrogens (tertiary/aromatic N) is 4. The van der Waals surface area contributed by atoms with Gasteiger partial charge in [-0.25, -0.2) is 27.9 Å². The summed E-state index contributed by atoms with van der Waals surface area (Å²) >= 11 is 6.33. The zero-order valence-electron chi connectivity index (χ0n) is 26.5. The molecule has 1 aromatic heterocycles. The minimum absolute atomic E-state index is 0.0133. The maximum atomic E-state index is 15.1. The van der Waals surface area contributed by atoms with Gasteiger partial charge in [-0.05, 0) is 83.8 Å². The number of aromatic nitrogens is 3. The first-order chi connectivity index (χ1) is 24.1. The second kappa shape index (κ2) is 11.6. The van der Waals surface area contributed by atoms with Gasteiger partial charge in [0.15, 0.2) is 11.5 Å². The Morgan fingerprint density at radius 2 is 1.64 bits per heavy atom. The highest BCUT2D eigenvalue weighted by Gasteiger charge is 2.68. The predicted octanol–water partition coefficient (Wildman–Crippen LogP) is 4.93. The Bertz CT molecular complexity index is 2330. The van der Waals surface area contributed by atoms with Crippen LogP contribution in [0.1, 0.15) is 29.5 Å². The molecule has 2 aliphatic heterocycles. The summed E-state index contributed by atoms with van der Waals surface area (Å²) < 4.78 is 23.0. The van der Waals surface area contributed by atoms with Crippen molar-refractivity contribution < 1.29 is 23.8 Å². The van der Waals surface area contributed by atoms with Gasteiger partial charge in [-0.1, -0.05) is 54.1 Å². The number of ether oxygens (including phenoxy) is 1. The number of methoxy groups -OCH3 is 1. The van der Waals surface area contributed by atoms with Crippen LogP contribution >= 0.6 is 11.6 Å². The summed E-state index contributed by atoms with van der Waals surface area (Å²) in [6, 6.07) is 24.5.